The maximum Gasteiger partial charge on any atom is 0.250 e. The van der Waals surface area contributed by atoms with E-state index in [-0.39, 0.29) is 11.7 Å². The number of nitrogens with one attached hydrogen (secondary N) is 2. The molecule has 0 saturated heterocycles. The Morgan fingerprint density at radius 1 is 1.45 bits per heavy atom. The number of anilines is 1. The number of halogens is 1. The summed E-state index contributed by atoms with van der Waals surface area (Å²) in [5.41, 5.74) is 0.737. The molecule has 2 aromatic rings. The van der Waals surface area contributed by atoms with E-state index in [2.05, 4.69) is 20.5 Å². The van der Waals surface area contributed by atoms with Crippen molar-refractivity contribution in [2.24, 2.45) is 0 Å². The monoisotopic (exact) mass is 292 g/mol. The smallest absolute Gasteiger partial charge is 0.250 e. The minimum Gasteiger partial charge on any atom is -0.291 e. The van der Waals surface area contributed by atoms with Gasteiger partial charge in [-0.25, -0.2) is 9.49 Å². The molecule has 0 unspecified atom stereocenters. The highest BCUT2D eigenvalue weighted by atomic mass is 32.2. The Balaban J connectivity index is 1.92. The van der Waals surface area contributed by atoms with Gasteiger partial charge in [-0.1, -0.05) is 30.8 Å². The summed E-state index contributed by atoms with van der Waals surface area (Å²) >= 11 is 1.48. The number of carbonyl (C=O) groups excluding carboxylic acids is 1. The number of nitrogens with zero attached hydrogens (tertiary/aromatic N) is 2. The molecule has 20 heavy (non-hydrogen) atoms. The van der Waals surface area contributed by atoms with Gasteiger partial charge in [0.1, 0.15) is 5.82 Å². The lowest BCUT2D eigenvalue weighted by Gasteiger charge is -1.96. The zero-order valence-electron chi connectivity index (χ0n) is 10.8. The van der Waals surface area contributed by atoms with E-state index in [1.54, 1.807) is 18.2 Å². The molecule has 7 heteroatoms. The second-order valence-corrected chi connectivity index (χ2v) is 5.00. The molecule has 0 fully saturated rings. The Morgan fingerprint density at radius 2 is 2.20 bits per heavy atom. The first-order chi connectivity index (χ1) is 9.67. The zero-order chi connectivity index (χ0) is 14.4. The summed E-state index contributed by atoms with van der Waals surface area (Å²) in [6, 6.07) is 5.84. The molecule has 1 aromatic carbocycles. The number of thioether (sulfide) groups is 1. The van der Waals surface area contributed by atoms with Gasteiger partial charge in [0.25, 0.3) is 5.91 Å². The van der Waals surface area contributed by atoms with Crippen LogP contribution >= 0.6 is 11.8 Å². The number of rotatable bonds is 5. The number of amides is 1. The third-order valence-electron chi connectivity index (χ3n) is 2.28. The van der Waals surface area contributed by atoms with Crippen molar-refractivity contribution < 1.29 is 9.18 Å². The standard InChI is InChI=1S/C13H13FN4OS/c1-2-20-13-16-12(17-18-13)15-11(19)8-5-9-3-6-10(14)7-4-9/h3-8H,2H2,1H3,(H2,15,16,17,18,19)/b8-5+. The van der Waals surface area contributed by atoms with E-state index >= 15 is 0 Å². The maximum absolute atomic E-state index is 12.7. The molecule has 0 radical (unpaired) electrons. The SMILES string of the molecule is CCSc1n[nH]c(NC(=O)/C=C/c2ccc(F)cc2)n1. The van der Waals surface area contributed by atoms with Crippen molar-refractivity contribution in [3.05, 3.63) is 41.7 Å². The lowest BCUT2D eigenvalue weighted by molar-refractivity contribution is -0.111. The van der Waals surface area contributed by atoms with Crippen molar-refractivity contribution in [3.8, 4) is 0 Å². The Hall–Kier alpha value is -2.15. The summed E-state index contributed by atoms with van der Waals surface area (Å²) in [5.74, 6) is 0.512. The fourth-order valence-electron chi connectivity index (χ4n) is 1.40. The van der Waals surface area contributed by atoms with Gasteiger partial charge in [-0.05, 0) is 29.5 Å². The average molecular weight is 292 g/mol. The minimum atomic E-state index is -0.335. The summed E-state index contributed by atoms with van der Waals surface area (Å²) in [7, 11) is 0. The summed E-state index contributed by atoms with van der Waals surface area (Å²) in [6.07, 6.45) is 2.94. The van der Waals surface area contributed by atoms with Gasteiger partial charge < -0.3 is 0 Å². The van der Waals surface area contributed by atoms with Crippen LogP contribution in [0.2, 0.25) is 0 Å². The number of H-pyrrole nitrogens is 1. The van der Waals surface area contributed by atoms with E-state index in [1.165, 1.54) is 30.0 Å². The Morgan fingerprint density at radius 3 is 2.90 bits per heavy atom. The van der Waals surface area contributed by atoms with Crippen LogP contribution in [0.3, 0.4) is 0 Å². The van der Waals surface area contributed by atoms with Crippen molar-refractivity contribution in [1.82, 2.24) is 15.2 Å². The van der Waals surface area contributed by atoms with Crippen LogP contribution in [0.4, 0.5) is 10.3 Å². The fraction of sp³-hybridized carbons (Fsp3) is 0.154. The minimum absolute atomic E-state index is 0.301. The summed E-state index contributed by atoms with van der Waals surface area (Å²) in [5, 5.41) is 9.71. The average Bonchev–Trinajstić information content (AvgIpc) is 2.86. The second-order valence-electron chi connectivity index (χ2n) is 3.77. The summed E-state index contributed by atoms with van der Waals surface area (Å²) < 4.78 is 12.7. The van der Waals surface area contributed by atoms with Crippen molar-refractivity contribution in [2.75, 3.05) is 11.1 Å². The van der Waals surface area contributed by atoms with Crippen LogP contribution in [0.25, 0.3) is 6.08 Å². The van der Waals surface area contributed by atoms with Gasteiger partial charge in [0.05, 0.1) is 0 Å². The molecule has 1 heterocycles. The van der Waals surface area contributed by atoms with Crippen LogP contribution in [-0.2, 0) is 4.79 Å². The third-order valence-corrected chi connectivity index (χ3v) is 3.01. The molecule has 1 aromatic heterocycles. The number of hydrogen-bond donors (Lipinski definition) is 2. The molecule has 0 spiro atoms. The fourth-order valence-corrected chi connectivity index (χ4v) is 1.92. The molecular formula is C13H13FN4OS. The first-order valence-corrected chi connectivity index (χ1v) is 6.96. The summed E-state index contributed by atoms with van der Waals surface area (Å²) in [6.45, 7) is 1.99. The van der Waals surface area contributed by atoms with Gasteiger partial charge in [-0.3, -0.25) is 10.1 Å². The van der Waals surface area contributed by atoms with E-state index in [0.29, 0.717) is 11.1 Å². The Kier molecular flexibility index (Phi) is 4.89. The highest BCUT2D eigenvalue weighted by molar-refractivity contribution is 7.99. The van der Waals surface area contributed by atoms with Crippen LogP contribution in [0.1, 0.15) is 12.5 Å². The third kappa shape index (κ3) is 4.20. The molecule has 104 valence electrons. The zero-order valence-corrected chi connectivity index (χ0v) is 11.6. The van der Waals surface area contributed by atoms with Crippen LogP contribution in [0, 0.1) is 5.82 Å². The van der Waals surface area contributed by atoms with Gasteiger partial charge in [0.15, 0.2) is 0 Å². The normalized spacial score (nSPS) is 10.9. The molecular weight excluding hydrogens is 279 g/mol. The van der Waals surface area contributed by atoms with Gasteiger partial charge in [-0.2, -0.15) is 4.98 Å². The van der Waals surface area contributed by atoms with Crippen LogP contribution in [-0.4, -0.2) is 26.8 Å². The van der Waals surface area contributed by atoms with E-state index in [1.807, 2.05) is 6.92 Å². The molecule has 0 saturated carbocycles. The lowest BCUT2D eigenvalue weighted by atomic mass is 10.2. The van der Waals surface area contributed by atoms with E-state index in [9.17, 15) is 9.18 Å². The lowest BCUT2D eigenvalue weighted by Crippen LogP contribution is -2.09. The van der Waals surface area contributed by atoms with Gasteiger partial charge >= 0.3 is 0 Å². The van der Waals surface area contributed by atoms with E-state index in [0.717, 1.165) is 11.3 Å². The van der Waals surface area contributed by atoms with Crippen molar-refractivity contribution >= 4 is 29.7 Å². The van der Waals surface area contributed by atoms with Crippen molar-refractivity contribution in [3.63, 3.8) is 0 Å². The first-order valence-electron chi connectivity index (χ1n) is 5.97. The highest BCUT2D eigenvalue weighted by Crippen LogP contribution is 2.12. The number of hydrogen-bond acceptors (Lipinski definition) is 4. The molecule has 5 nitrogen and oxygen atoms in total. The highest BCUT2D eigenvalue weighted by Gasteiger charge is 2.04. The van der Waals surface area contributed by atoms with E-state index < -0.39 is 0 Å². The van der Waals surface area contributed by atoms with Gasteiger partial charge in [0.2, 0.25) is 11.1 Å². The predicted octanol–water partition coefficient (Wildman–Crippen LogP) is 2.71. The predicted molar refractivity (Wildman–Crippen MR) is 76.8 cm³/mol. The largest absolute Gasteiger partial charge is 0.291 e. The molecule has 1 amide bonds. The van der Waals surface area contributed by atoms with Crippen LogP contribution in [0.15, 0.2) is 35.5 Å². The maximum atomic E-state index is 12.7. The second kappa shape index (κ2) is 6.85. The van der Waals surface area contributed by atoms with Crippen LogP contribution < -0.4 is 5.32 Å². The number of carbonyl (C=O) groups is 1. The molecule has 0 aliphatic rings. The number of aromatic nitrogens is 3. The first kappa shape index (κ1) is 14.3. The van der Waals surface area contributed by atoms with E-state index in [4.69, 9.17) is 0 Å². The molecule has 0 aliphatic carbocycles. The van der Waals surface area contributed by atoms with Crippen molar-refractivity contribution in [2.45, 2.75) is 12.1 Å². The van der Waals surface area contributed by atoms with Gasteiger partial charge in [0, 0.05) is 6.08 Å². The Bertz CT molecular complexity index is 609. The molecule has 2 rings (SSSR count). The number of aromatic amines is 1. The molecule has 0 atom stereocenters. The number of benzene rings is 1. The van der Waals surface area contributed by atoms with Crippen LogP contribution in [0.5, 0.6) is 0 Å². The topological polar surface area (TPSA) is 70.7 Å². The molecule has 2 N–H and O–H groups in total. The summed E-state index contributed by atoms with van der Waals surface area (Å²) in [4.78, 5) is 15.7. The molecule has 0 aliphatic heterocycles. The Labute approximate surface area is 119 Å². The van der Waals surface area contributed by atoms with Gasteiger partial charge in [-0.15, -0.1) is 5.10 Å². The quantitative estimate of drug-likeness (QED) is 0.656. The molecule has 0 bridgehead atoms. The van der Waals surface area contributed by atoms with Crippen molar-refractivity contribution in [1.29, 1.82) is 0 Å².